The number of rotatable bonds is 26. The van der Waals surface area contributed by atoms with Gasteiger partial charge in [0.15, 0.2) is 0 Å². The van der Waals surface area contributed by atoms with Crippen molar-refractivity contribution in [3.05, 3.63) is 0 Å². The SMILES string of the molecule is CCCCCCCCCCCCCCCCCCN(C)C.CCCCP(CCCC)CCCC.[Cl-].[Cl-].[Pt+2]. The van der Waals surface area contributed by atoms with Crippen LogP contribution in [0, 0.1) is 0 Å². The summed E-state index contributed by atoms with van der Waals surface area (Å²) in [5.74, 6) is 0. The third-order valence-corrected chi connectivity index (χ3v) is 9.79. The van der Waals surface area contributed by atoms with Crippen LogP contribution >= 0.6 is 7.92 Å². The molecular weight excluding hydrogens is 695 g/mol. The van der Waals surface area contributed by atoms with E-state index < -0.39 is 0 Å². The molecule has 0 aromatic rings. The zero-order valence-electron chi connectivity index (χ0n) is 26.4. The minimum absolute atomic E-state index is 0. The molecule has 232 valence electrons. The van der Waals surface area contributed by atoms with Gasteiger partial charge in [0.25, 0.3) is 0 Å². The maximum absolute atomic E-state index is 2.31. The third-order valence-electron chi connectivity index (χ3n) is 6.94. The summed E-state index contributed by atoms with van der Waals surface area (Å²) in [7, 11) is 4.77. The van der Waals surface area contributed by atoms with Gasteiger partial charge < -0.3 is 29.7 Å². The van der Waals surface area contributed by atoms with Crippen molar-refractivity contribution in [2.75, 3.05) is 39.1 Å². The summed E-state index contributed by atoms with van der Waals surface area (Å²) < 4.78 is 0. The van der Waals surface area contributed by atoms with Crippen molar-refractivity contribution in [3.8, 4) is 0 Å². The monoisotopic (exact) mass is 764 g/mol. The summed E-state index contributed by atoms with van der Waals surface area (Å²) in [6, 6.07) is 0. The van der Waals surface area contributed by atoms with Crippen molar-refractivity contribution in [1.29, 1.82) is 0 Å². The first-order valence-electron chi connectivity index (χ1n) is 16.0. The van der Waals surface area contributed by atoms with Crippen LogP contribution in [-0.2, 0) is 21.1 Å². The Kier molecular flexibility index (Phi) is 58.4. The van der Waals surface area contributed by atoms with Gasteiger partial charge in [0, 0.05) is 0 Å². The molecule has 0 amide bonds. The Labute approximate surface area is 265 Å². The Morgan fingerprint density at radius 2 is 0.622 bits per heavy atom. The molecule has 0 aliphatic carbocycles. The van der Waals surface area contributed by atoms with Gasteiger partial charge in [-0.05, 0) is 64.8 Å². The first-order valence-corrected chi connectivity index (χ1v) is 17.9. The standard InChI is InChI=1S/C20H43N.C12H27P.2ClH.Pt/c1-4-5-6-7-8-9-10-11-12-13-14-15-16-17-18-19-20-21(2)3;1-4-7-10-13(11-8-5-2)12-9-6-3;;;/h4-20H2,1-3H3;4-12H2,1-3H3;2*1H;/q;;;;+2/p-2. The molecule has 0 saturated heterocycles. The molecule has 0 unspecified atom stereocenters. The van der Waals surface area contributed by atoms with Crippen LogP contribution in [0.2, 0.25) is 0 Å². The van der Waals surface area contributed by atoms with Crippen LogP contribution in [0.15, 0.2) is 0 Å². The summed E-state index contributed by atoms with van der Waals surface area (Å²) in [4.78, 5) is 2.30. The van der Waals surface area contributed by atoms with Gasteiger partial charge in [-0.2, -0.15) is 0 Å². The first kappa shape index (κ1) is 48.4. The van der Waals surface area contributed by atoms with Gasteiger partial charge in [-0.1, -0.05) is 143 Å². The molecule has 0 aromatic carbocycles. The van der Waals surface area contributed by atoms with Gasteiger partial charge in [0.1, 0.15) is 0 Å². The average molecular weight is 766 g/mol. The maximum Gasteiger partial charge on any atom is 2.00 e. The molecule has 5 heteroatoms. The average Bonchev–Trinajstić information content (AvgIpc) is 2.83. The van der Waals surface area contributed by atoms with E-state index in [1.54, 1.807) is 18.5 Å². The number of nitrogens with zero attached hydrogens (tertiary/aromatic N) is 1. The second-order valence-electron chi connectivity index (χ2n) is 11.0. The fourth-order valence-electron chi connectivity index (χ4n) is 4.46. The normalized spacial score (nSPS) is 10.4. The van der Waals surface area contributed by atoms with Crippen molar-refractivity contribution < 1.29 is 45.9 Å². The van der Waals surface area contributed by atoms with Gasteiger partial charge in [0.2, 0.25) is 0 Å². The molecule has 1 nitrogen and oxygen atoms in total. The predicted octanol–water partition coefficient (Wildman–Crippen LogP) is 5.68. The van der Waals surface area contributed by atoms with E-state index in [4.69, 9.17) is 0 Å². The molecule has 37 heavy (non-hydrogen) atoms. The molecule has 0 rings (SSSR count). The van der Waals surface area contributed by atoms with E-state index in [-0.39, 0.29) is 45.9 Å². The van der Waals surface area contributed by atoms with E-state index in [0.29, 0.717) is 7.92 Å². The zero-order chi connectivity index (χ0) is 25.5. The summed E-state index contributed by atoms with van der Waals surface area (Å²) in [6.07, 6.45) is 36.5. The molecule has 0 radical (unpaired) electrons. The molecule has 0 saturated carbocycles. The molecule has 0 aromatic heterocycles. The fourth-order valence-corrected chi connectivity index (χ4v) is 7.42. The van der Waals surface area contributed by atoms with E-state index in [9.17, 15) is 0 Å². The van der Waals surface area contributed by atoms with Gasteiger partial charge in [0.05, 0.1) is 0 Å². The van der Waals surface area contributed by atoms with Gasteiger partial charge in [-0.25, -0.2) is 0 Å². The second-order valence-corrected chi connectivity index (χ2v) is 13.7. The van der Waals surface area contributed by atoms with Gasteiger partial charge in [-0.3, -0.25) is 0 Å². The molecule has 0 N–H and O–H groups in total. The van der Waals surface area contributed by atoms with E-state index in [2.05, 4.69) is 46.7 Å². The van der Waals surface area contributed by atoms with Crippen molar-refractivity contribution in [2.45, 2.75) is 169 Å². The topological polar surface area (TPSA) is 3.24 Å². The first-order chi connectivity index (χ1) is 16.6. The number of hydrogen-bond donors (Lipinski definition) is 0. The summed E-state index contributed by atoms with van der Waals surface area (Å²) >= 11 is 0. The minimum atomic E-state index is 0. The van der Waals surface area contributed by atoms with E-state index in [1.165, 1.54) is 148 Å². The minimum Gasteiger partial charge on any atom is -1.00 e. The maximum atomic E-state index is 2.31. The van der Waals surface area contributed by atoms with Crippen LogP contribution in [-0.4, -0.2) is 44.0 Å². The Morgan fingerprint density at radius 1 is 0.378 bits per heavy atom. The Bertz CT molecular complexity index is 330. The molecular formula is C32H70Cl2NPPt. The molecule has 0 aliphatic heterocycles. The smallest absolute Gasteiger partial charge is 1.00 e. The summed E-state index contributed by atoms with van der Waals surface area (Å²) in [5, 5.41) is 0. The van der Waals surface area contributed by atoms with E-state index in [1.807, 2.05) is 0 Å². The summed E-state index contributed by atoms with van der Waals surface area (Å²) in [5.41, 5.74) is 0. The second kappa shape index (κ2) is 44.7. The number of unbranched alkanes of at least 4 members (excludes halogenated alkanes) is 18. The van der Waals surface area contributed by atoms with Crippen molar-refractivity contribution >= 4 is 7.92 Å². The third kappa shape index (κ3) is 47.8. The number of halogens is 2. The van der Waals surface area contributed by atoms with E-state index >= 15 is 0 Å². The van der Waals surface area contributed by atoms with Crippen LogP contribution in [0.5, 0.6) is 0 Å². The quantitative estimate of drug-likeness (QED) is 0.0810. The number of hydrogen-bond acceptors (Lipinski definition) is 1. The van der Waals surface area contributed by atoms with Crippen LogP contribution in [0.1, 0.15) is 169 Å². The van der Waals surface area contributed by atoms with Crippen molar-refractivity contribution in [2.24, 2.45) is 0 Å². The van der Waals surface area contributed by atoms with Crippen LogP contribution in [0.4, 0.5) is 0 Å². The Balaban J connectivity index is -0.000000187. The molecule has 0 heterocycles. The van der Waals surface area contributed by atoms with Crippen molar-refractivity contribution in [3.63, 3.8) is 0 Å². The molecule has 0 fully saturated rings. The molecule has 0 bridgehead atoms. The summed E-state index contributed by atoms with van der Waals surface area (Å²) in [6.45, 7) is 10.5. The van der Waals surface area contributed by atoms with Crippen LogP contribution in [0.25, 0.3) is 0 Å². The van der Waals surface area contributed by atoms with Gasteiger partial charge >= 0.3 is 21.1 Å². The van der Waals surface area contributed by atoms with Crippen LogP contribution in [0.3, 0.4) is 0 Å². The van der Waals surface area contributed by atoms with Crippen molar-refractivity contribution in [1.82, 2.24) is 4.90 Å². The Morgan fingerprint density at radius 3 is 0.865 bits per heavy atom. The van der Waals surface area contributed by atoms with E-state index in [0.717, 1.165) is 0 Å². The largest absolute Gasteiger partial charge is 2.00 e. The zero-order valence-corrected chi connectivity index (χ0v) is 31.0. The molecule has 0 aliphatic rings. The molecule has 0 atom stereocenters. The fraction of sp³-hybridized carbons (Fsp3) is 1.00. The molecule has 0 spiro atoms. The van der Waals surface area contributed by atoms with Crippen LogP contribution < -0.4 is 24.8 Å². The predicted molar refractivity (Wildman–Crippen MR) is 164 cm³/mol. The Hall–Kier alpha value is 1.66. The van der Waals surface area contributed by atoms with Gasteiger partial charge in [-0.15, -0.1) is 7.92 Å².